The van der Waals surface area contributed by atoms with Gasteiger partial charge in [-0.3, -0.25) is 14.6 Å². The van der Waals surface area contributed by atoms with Crippen molar-refractivity contribution < 1.29 is 14.7 Å². The fourth-order valence-corrected chi connectivity index (χ4v) is 3.04. The van der Waals surface area contributed by atoms with Gasteiger partial charge in [0.2, 0.25) is 5.91 Å². The largest absolute Gasteiger partial charge is 0.388 e. The van der Waals surface area contributed by atoms with Gasteiger partial charge in [-0.1, -0.05) is 19.8 Å². The molecule has 0 unspecified atom stereocenters. The molecule has 0 aromatic carbocycles. The maximum Gasteiger partial charge on any atom is 0.220 e. The molecule has 5 nitrogen and oxygen atoms in total. The molecule has 1 aliphatic rings. The summed E-state index contributed by atoms with van der Waals surface area (Å²) in [7, 11) is 0. The quantitative estimate of drug-likeness (QED) is 0.758. The van der Waals surface area contributed by atoms with Crippen molar-refractivity contribution in [3.8, 4) is 0 Å². The van der Waals surface area contributed by atoms with E-state index < -0.39 is 6.61 Å². The molecule has 1 amide bonds. The Morgan fingerprint density at radius 1 is 1.36 bits per heavy atom. The van der Waals surface area contributed by atoms with Crippen molar-refractivity contribution in [2.45, 2.75) is 51.5 Å². The summed E-state index contributed by atoms with van der Waals surface area (Å²) in [5.41, 5.74) is 1.19. The normalized spacial score (nSPS) is 16.5. The Hall–Kier alpha value is -1.75. The van der Waals surface area contributed by atoms with Gasteiger partial charge in [0.05, 0.1) is 6.04 Å². The van der Waals surface area contributed by atoms with Crippen LogP contribution in [0.2, 0.25) is 0 Å². The van der Waals surface area contributed by atoms with E-state index in [1.54, 1.807) is 12.3 Å². The molecule has 0 spiro atoms. The number of aliphatic hydroxyl groups is 1. The third kappa shape index (κ3) is 4.37. The zero-order valence-electron chi connectivity index (χ0n) is 13.0. The second-order valence-corrected chi connectivity index (χ2v) is 5.97. The van der Waals surface area contributed by atoms with Crippen molar-refractivity contribution in [3.63, 3.8) is 0 Å². The second-order valence-electron chi connectivity index (χ2n) is 5.97. The van der Waals surface area contributed by atoms with E-state index >= 15 is 0 Å². The predicted molar refractivity (Wildman–Crippen MR) is 83.4 cm³/mol. The number of nitrogens with one attached hydrogen (secondary N) is 1. The number of pyridine rings is 1. The average Bonchev–Trinajstić information content (AvgIpc) is 3.04. The molecule has 22 heavy (non-hydrogen) atoms. The Morgan fingerprint density at radius 2 is 2.09 bits per heavy atom. The number of ketones is 1. The summed E-state index contributed by atoms with van der Waals surface area (Å²) < 4.78 is 0. The summed E-state index contributed by atoms with van der Waals surface area (Å²) in [5.74, 6) is 0.219. The van der Waals surface area contributed by atoms with Crippen LogP contribution in [-0.2, 0) is 4.79 Å². The highest BCUT2D eigenvalue weighted by Gasteiger charge is 2.21. The van der Waals surface area contributed by atoms with E-state index in [0.717, 1.165) is 24.8 Å². The lowest BCUT2D eigenvalue weighted by atomic mass is 10.0. The zero-order valence-corrected chi connectivity index (χ0v) is 13.0. The lowest BCUT2D eigenvalue weighted by Gasteiger charge is -2.19. The van der Waals surface area contributed by atoms with Crippen LogP contribution in [0.1, 0.15) is 67.4 Å². The van der Waals surface area contributed by atoms with Crippen LogP contribution >= 0.6 is 0 Å². The van der Waals surface area contributed by atoms with Gasteiger partial charge in [0.15, 0.2) is 5.78 Å². The van der Waals surface area contributed by atoms with E-state index in [4.69, 9.17) is 5.11 Å². The van der Waals surface area contributed by atoms with Gasteiger partial charge in [-0.15, -0.1) is 0 Å². The molecule has 1 aromatic rings. The molecule has 1 atom stereocenters. The number of nitrogens with zero attached hydrogens (tertiary/aromatic N) is 1. The number of aromatic nitrogens is 1. The lowest BCUT2D eigenvalue weighted by Crippen LogP contribution is -2.29. The molecule has 1 saturated carbocycles. The molecule has 0 saturated heterocycles. The van der Waals surface area contributed by atoms with Crippen LogP contribution in [0.5, 0.6) is 0 Å². The number of rotatable bonds is 7. The van der Waals surface area contributed by atoms with Crippen LogP contribution in [-0.4, -0.2) is 28.4 Å². The van der Waals surface area contributed by atoms with Gasteiger partial charge < -0.3 is 10.4 Å². The third-order valence-electron chi connectivity index (χ3n) is 4.32. The first-order chi connectivity index (χ1) is 10.6. The minimum atomic E-state index is -0.532. The van der Waals surface area contributed by atoms with Gasteiger partial charge in [0.25, 0.3) is 0 Å². The molecule has 120 valence electrons. The Balaban J connectivity index is 2.01. The topological polar surface area (TPSA) is 79.3 Å². The Labute approximate surface area is 131 Å². The summed E-state index contributed by atoms with van der Waals surface area (Å²) >= 11 is 0. The maximum absolute atomic E-state index is 12.2. The predicted octanol–water partition coefficient (Wildman–Crippen LogP) is 2.40. The minimum absolute atomic E-state index is 0.0673. The smallest absolute Gasteiger partial charge is 0.220 e. The van der Waals surface area contributed by atoms with Crippen molar-refractivity contribution in [1.82, 2.24) is 10.3 Å². The molecule has 5 heteroatoms. The van der Waals surface area contributed by atoms with E-state index in [0.29, 0.717) is 17.9 Å². The van der Waals surface area contributed by atoms with Gasteiger partial charge in [-0.05, 0) is 36.8 Å². The zero-order chi connectivity index (χ0) is 15.9. The number of amides is 1. The molecule has 0 radical (unpaired) electrons. The van der Waals surface area contributed by atoms with Gasteiger partial charge in [-0.25, -0.2) is 0 Å². The van der Waals surface area contributed by atoms with Crippen molar-refractivity contribution in [2.24, 2.45) is 5.92 Å². The Bertz CT molecular complexity index is 524. The average molecular weight is 304 g/mol. The van der Waals surface area contributed by atoms with Gasteiger partial charge in [-0.2, -0.15) is 0 Å². The fraction of sp³-hybridized carbons (Fsp3) is 0.588. The summed E-state index contributed by atoms with van der Waals surface area (Å²) in [6.45, 7) is 1.46. The van der Waals surface area contributed by atoms with E-state index in [9.17, 15) is 9.59 Å². The summed E-state index contributed by atoms with van der Waals surface area (Å²) in [5, 5.41) is 12.0. The molecule has 1 aliphatic carbocycles. The first-order valence-electron chi connectivity index (χ1n) is 8.02. The second kappa shape index (κ2) is 8.03. The molecule has 2 rings (SSSR count). The van der Waals surface area contributed by atoms with Gasteiger partial charge in [0.1, 0.15) is 6.61 Å². The monoisotopic (exact) mass is 304 g/mol. The number of hydrogen-bond acceptors (Lipinski definition) is 4. The Morgan fingerprint density at radius 3 is 2.73 bits per heavy atom. The number of hydrogen-bond donors (Lipinski definition) is 2. The minimum Gasteiger partial charge on any atom is -0.388 e. The van der Waals surface area contributed by atoms with Gasteiger partial charge >= 0.3 is 0 Å². The highest BCUT2D eigenvalue weighted by molar-refractivity contribution is 5.96. The summed E-state index contributed by atoms with van der Waals surface area (Å²) in [6, 6.07) is 1.56. The van der Waals surface area contributed by atoms with Crippen molar-refractivity contribution in [3.05, 3.63) is 29.6 Å². The van der Waals surface area contributed by atoms with Crippen molar-refractivity contribution in [1.29, 1.82) is 0 Å². The summed E-state index contributed by atoms with van der Waals surface area (Å²) in [4.78, 5) is 27.8. The standard InChI is InChI=1S/C17H24N2O3/c1-2-15(19-17(22)7-12-5-3-4-6-12)13-8-14(10-18-9-13)16(21)11-20/h8-10,12,15,20H,2-7,11H2,1H3,(H,19,22)/t15-/m0/s1. The highest BCUT2D eigenvalue weighted by Crippen LogP contribution is 2.28. The van der Waals surface area contributed by atoms with Crippen LogP contribution in [0.15, 0.2) is 18.5 Å². The highest BCUT2D eigenvalue weighted by atomic mass is 16.3. The first kappa shape index (κ1) is 16.6. The van der Waals surface area contributed by atoms with E-state index in [1.165, 1.54) is 19.0 Å². The molecular weight excluding hydrogens is 280 g/mol. The Kier molecular flexibility index (Phi) is 6.07. The molecule has 0 aliphatic heterocycles. The fourth-order valence-electron chi connectivity index (χ4n) is 3.04. The van der Waals surface area contributed by atoms with Crippen LogP contribution in [0.4, 0.5) is 0 Å². The SMILES string of the molecule is CC[C@H](NC(=O)CC1CCCC1)c1cncc(C(=O)CO)c1. The van der Waals surface area contributed by atoms with Gasteiger partial charge in [0, 0.05) is 24.4 Å². The molecule has 0 bridgehead atoms. The maximum atomic E-state index is 12.2. The molecular formula is C17H24N2O3. The van der Waals surface area contributed by atoms with Crippen LogP contribution in [0, 0.1) is 5.92 Å². The molecule has 1 fully saturated rings. The molecule has 1 aromatic heterocycles. The van der Waals surface area contributed by atoms with Crippen LogP contribution in [0.25, 0.3) is 0 Å². The molecule has 1 heterocycles. The summed E-state index contributed by atoms with van der Waals surface area (Å²) in [6.07, 6.45) is 9.16. The number of Topliss-reactive ketones (excluding diaryl/α,β-unsaturated/α-hetero) is 1. The molecule has 2 N–H and O–H groups in total. The van der Waals surface area contributed by atoms with E-state index in [-0.39, 0.29) is 17.7 Å². The van der Waals surface area contributed by atoms with E-state index in [1.807, 2.05) is 6.92 Å². The number of carbonyl (C=O) groups excluding carboxylic acids is 2. The van der Waals surface area contributed by atoms with Crippen molar-refractivity contribution >= 4 is 11.7 Å². The lowest BCUT2D eigenvalue weighted by molar-refractivity contribution is -0.122. The number of carbonyl (C=O) groups is 2. The van der Waals surface area contributed by atoms with E-state index in [2.05, 4.69) is 10.3 Å². The van der Waals surface area contributed by atoms with Crippen molar-refractivity contribution in [2.75, 3.05) is 6.61 Å². The first-order valence-corrected chi connectivity index (χ1v) is 8.02. The third-order valence-corrected chi connectivity index (χ3v) is 4.32. The van der Waals surface area contributed by atoms with Crippen LogP contribution in [0.3, 0.4) is 0 Å². The number of aliphatic hydroxyl groups excluding tert-OH is 1. The van der Waals surface area contributed by atoms with Crippen LogP contribution < -0.4 is 5.32 Å².